The molecule has 0 aromatic rings. The van der Waals surface area contributed by atoms with Crippen molar-refractivity contribution in [1.82, 2.24) is 8.61 Å². The molecule has 0 spiro atoms. The standard InChI is InChI=1S/C13H22N2O3S/c1-2-8-14(10-12-6-7-12)19(17,18)15-9-4-3-5-13(15)11-16/h1,12-13,16H,3-11H2. The van der Waals surface area contributed by atoms with Gasteiger partial charge in [0.15, 0.2) is 0 Å². The van der Waals surface area contributed by atoms with Crippen LogP contribution >= 0.6 is 0 Å². The average Bonchev–Trinajstić information content (AvgIpc) is 3.22. The molecule has 1 heterocycles. The van der Waals surface area contributed by atoms with E-state index in [1.807, 2.05) is 0 Å². The predicted octanol–water partition coefficient (Wildman–Crippen LogP) is 0.423. The van der Waals surface area contributed by atoms with Crippen molar-refractivity contribution in [2.24, 2.45) is 5.92 Å². The molecule has 0 aromatic carbocycles. The monoisotopic (exact) mass is 286 g/mol. The van der Waals surface area contributed by atoms with Gasteiger partial charge in [0.1, 0.15) is 0 Å². The quantitative estimate of drug-likeness (QED) is 0.720. The van der Waals surface area contributed by atoms with Crippen molar-refractivity contribution >= 4 is 10.2 Å². The Bertz CT molecular complexity index is 439. The van der Waals surface area contributed by atoms with E-state index in [2.05, 4.69) is 5.92 Å². The Kier molecular flexibility index (Phi) is 4.85. The van der Waals surface area contributed by atoms with Crippen LogP contribution in [0.2, 0.25) is 0 Å². The van der Waals surface area contributed by atoms with Crippen molar-refractivity contribution in [1.29, 1.82) is 0 Å². The van der Waals surface area contributed by atoms with E-state index < -0.39 is 10.2 Å². The third-order valence-electron chi connectivity index (χ3n) is 3.83. The van der Waals surface area contributed by atoms with E-state index in [-0.39, 0.29) is 19.2 Å². The van der Waals surface area contributed by atoms with E-state index in [9.17, 15) is 13.5 Å². The van der Waals surface area contributed by atoms with Gasteiger partial charge in [-0.25, -0.2) is 0 Å². The van der Waals surface area contributed by atoms with Gasteiger partial charge in [-0.05, 0) is 31.6 Å². The zero-order valence-corrected chi connectivity index (χ0v) is 12.0. The largest absolute Gasteiger partial charge is 0.395 e. The summed E-state index contributed by atoms with van der Waals surface area (Å²) in [5.74, 6) is 2.90. The normalized spacial score (nSPS) is 25.4. The van der Waals surface area contributed by atoms with Gasteiger partial charge in [-0.2, -0.15) is 17.0 Å². The Morgan fingerprint density at radius 2 is 2.05 bits per heavy atom. The minimum absolute atomic E-state index is 0.118. The SMILES string of the molecule is C#CCN(CC1CC1)S(=O)(=O)N1CCCCC1CO. The predicted molar refractivity (Wildman–Crippen MR) is 73.5 cm³/mol. The highest BCUT2D eigenvalue weighted by Crippen LogP contribution is 2.31. The topological polar surface area (TPSA) is 60.9 Å². The lowest BCUT2D eigenvalue weighted by molar-refractivity contribution is 0.148. The molecule has 1 N–H and O–H groups in total. The second-order valence-electron chi connectivity index (χ2n) is 5.39. The summed E-state index contributed by atoms with van der Waals surface area (Å²) in [5.41, 5.74) is 0. The van der Waals surface area contributed by atoms with Gasteiger partial charge in [0.25, 0.3) is 10.2 Å². The zero-order chi connectivity index (χ0) is 13.9. The van der Waals surface area contributed by atoms with E-state index >= 15 is 0 Å². The van der Waals surface area contributed by atoms with E-state index in [0.717, 1.165) is 32.1 Å². The number of hydrogen-bond donors (Lipinski definition) is 1. The fourth-order valence-corrected chi connectivity index (χ4v) is 4.38. The van der Waals surface area contributed by atoms with Gasteiger partial charge in [-0.15, -0.1) is 6.42 Å². The van der Waals surface area contributed by atoms with E-state index in [1.54, 1.807) is 0 Å². The Balaban J connectivity index is 2.14. The average molecular weight is 286 g/mol. The van der Waals surface area contributed by atoms with Crippen LogP contribution in [0.1, 0.15) is 32.1 Å². The number of piperidine rings is 1. The van der Waals surface area contributed by atoms with Gasteiger partial charge in [0.2, 0.25) is 0 Å². The minimum atomic E-state index is -3.54. The van der Waals surface area contributed by atoms with Gasteiger partial charge >= 0.3 is 0 Å². The zero-order valence-electron chi connectivity index (χ0n) is 11.2. The van der Waals surface area contributed by atoms with Crippen LogP contribution in [0, 0.1) is 18.3 Å². The molecule has 2 aliphatic rings. The van der Waals surface area contributed by atoms with Crippen molar-refractivity contribution in [3.8, 4) is 12.3 Å². The molecule has 1 aliphatic carbocycles. The molecule has 1 atom stereocenters. The van der Waals surface area contributed by atoms with Crippen LogP contribution in [-0.2, 0) is 10.2 Å². The number of aliphatic hydroxyl groups excluding tert-OH is 1. The highest BCUT2D eigenvalue weighted by molar-refractivity contribution is 7.86. The van der Waals surface area contributed by atoms with Gasteiger partial charge < -0.3 is 5.11 Å². The number of hydrogen-bond acceptors (Lipinski definition) is 3. The molecule has 19 heavy (non-hydrogen) atoms. The number of rotatable bonds is 6. The first-order valence-corrected chi connectivity index (χ1v) is 8.30. The van der Waals surface area contributed by atoms with Crippen LogP contribution in [0.3, 0.4) is 0 Å². The lowest BCUT2D eigenvalue weighted by Crippen LogP contribution is -2.52. The van der Waals surface area contributed by atoms with Crippen molar-refractivity contribution in [2.45, 2.75) is 38.1 Å². The highest BCUT2D eigenvalue weighted by Gasteiger charge is 2.38. The summed E-state index contributed by atoms with van der Waals surface area (Å²) in [5, 5.41) is 9.37. The second-order valence-corrected chi connectivity index (χ2v) is 7.27. The maximum absolute atomic E-state index is 12.7. The summed E-state index contributed by atoms with van der Waals surface area (Å²) in [7, 11) is -3.54. The van der Waals surface area contributed by atoms with Crippen molar-refractivity contribution < 1.29 is 13.5 Å². The molecule has 2 rings (SSSR count). The van der Waals surface area contributed by atoms with E-state index in [4.69, 9.17) is 6.42 Å². The molecule has 1 aliphatic heterocycles. The van der Waals surface area contributed by atoms with E-state index in [0.29, 0.717) is 19.0 Å². The number of terminal acetylenes is 1. The van der Waals surface area contributed by atoms with Gasteiger partial charge in [-0.1, -0.05) is 12.3 Å². The smallest absolute Gasteiger partial charge is 0.283 e. The molecular weight excluding hydrogens is 264 g/mol. The van der Waals surface area contributed by atoms with Crippen molar-refractivity contribution in [2.75, 3.05) is 26.2 Å². The Hall–Kier alpha value is -0.610. The minimum Gasteiger partial charge on any atom is -0.395 e. The van der Waals surface area contributed by atoms with Crippen LogP contribution in [0.4, 0.5) is 0 Å². The van der Waals surface area contributed by atoms with Gasteiger partial charge in [-0.3, -0.25) is 0 Å². The number of aliphatic hydroxyl groups is 1. The van der Waals surface area contributed by atoms with Crippen LogP contribution in [0.5, 0.6) is 0 Å². The molecule has 1 saturated heterocycles. The number of nitrogens with zero attached hydrogens (tertiary/aromatic N) is 2. The highest BCUT2D eigenvalue weighted by atomic mass is 32.2. The fourth-order valence-electron chi connectivity index (χ4n) is 2.54. The maximum atomic E-state index is 12.7. The van der Waals surface area contributed by atoms with E-state index in [1.165, 1.54) is 8.61 Å². The second kappa shape index (κ2) is 6.23. The Labute approximate surface area is 115 Å². The summed E-state index contributed by atoms with van der Waals surface area (Å²) in [4.78, 5) is 0. The third kappa shape index (κ3) is 3.48. The fraction of sp³-hybridized carbons (Fsp3) is 0.846. The summed E-state index contributed by atoms with van der Waals surface area (Å²) >= 11 is 0. The summed E-state index contributed by atoms with van der Waals surface area (Å²) in [6, 6.07) is -0.293. The van der Waals surface area contributed by atoms with Gasteiger partial charge in [0.05, 0.1) is 13.2 Å². The third-order valence-corrected chi connectivity index (χ3v) is 5.84. The molecule has 6 heteroatoms. The van der Waals surface area contributed by atoms with Gasteiger partial charge in [0, 0.05) is 19.1 Å². The first-order valence-electron chi connectivity index (χ1n) is 6.91. The molecule has 1 unspecified atom stereocenters. The molecule has 1 saturated carbocycles. The first-order chi connectivity index (χ1) is 9.09. The summed E-state index contributed by atoms with van der Waals surface area (Å²) in [6.07, 6.45) is 10.0. The molecule has 108 valence electrons. The molecule has 0 amide bonds. The molecule has 2 fully saturated rings. The molecule has 0 bridgehead atoms. The lowest BCUT2D eigenvalue weighted by Gasteiger charge is -2.36. The molecular formula is C13H22N2O3S. The van der Waals surface area contributed by atoms with Crippen LogP contribution in [0.25, 0.3) is 0 Å². The molecule has 5 nitrogen and oxygen atoms in total. The van der Waals surface area contributed by atoms with Crippen LogP contribution < -0.4 is 0 Å². The lowest BCUT2D eigenvalue weighted by atomic mass is 10.1. The Morgan fingerprint density at radius 1 is 1.32 bits per heavy atom. The summed E-state index contributed by atoms with van der Waals surface area (Å²) < 4.78 is 28.1. The van der Waals surface area contributed by atoms with Crippen molar-refractivity contribution in [3.63, 3.8) is 0 Å². The Morgan fingerprint density at radius 3 is 2.63 bits per heavy atom. The summed E-state index contributed by atoms with van der Waals surface area (Å²) in [6.45, 7) is 1.00. The molecule has 0 aromatic heterocycles. The maximum Gasteiger partial charge on any atom is 0.283 e. The first kappa shape index (κ1) is 14.8. The molecule has 0 radical (unpaired) electrons. The van der Waals surface area contributed by atoms with Crippen molar-refractivity contribution in [3.05, 3.63) is 0 Å². The van der Waals surface area contributed by atoms with Crippen LogP contribution in [0.15, 0.2) is 0 Å². The van der Waals surface area contributed by atoms with Crippen LogP contribution in [-0.4, -0.2) is 54.4 Å².